The quantitative estimate of drug-likeness (QED) is 0.394. The lowest BCUT2D eigenvalue weighted by Gasteiger charge is -2.28. The molecule has 0 saturated heterocycles. The maximum Gasteiger partial charge on any atom is 0.241 e. The number of rotatable bonds is 7. The summed E-state index contributed by atoms with van der Waals surface area (Å²) < 4.78 is 29.7. The first-order valence-electron chi connectivity index (χ1n) is 9.77. The minimum absolute atomic E-state index is 0.145. The van der Waals surface area contributed by atoms with Crippen LogP contribution < -0.4 is 4.72 Å². The summed E-state index contributed by atoms with van der Waals surface area (Å²) in [5.41, 5.74) is 3.02. The fourth-order valence-corrected chi connectivity index (χ4v) is 5.72. The van der Waals surface area contributed by atoms with E-state index in [2.05, 4.69) is 22.9 Å². The van der Waals surface area contributed by atoms with E-state index in [0.29, 0.717) is 0 Å². The molecule has 0 amide bonds. The highest BCUT2D eigenvalue weighted by Gasteiger charge is 2.31. The lowest BCUT2D eigenvalue weighted by molar-refractivity contribution is 0.533. The van der Waals surface area contributed by atoms with Gasteiger partial charge in [-0.15, -0.1) is 11.3 Å². The zero-order chi connectivity index (χ0) is 21.0. The summed E-state index contributed by atoms with van der Waals surface area (Å²) in [4.78, 5) is 1.38. The molecule has 4 rings (SSSR count). The summed E-state index contributed by atoms with van der Waals surface area (Å²) in [6.45, 7) is 1.94. The SMILES string of the molecule is Cc1ccc(S(=O)(=O)NC(c2ccccc2)C(c2ccccc2)c2cccs2)cc1. The van der Waals surface area contributed by atoms with Gasteiger partial charge < -0.3 is 0 Å². The Hall–Kier alpha value is -2.73. The van der Waals surface area contributed by atoms with E-state index in [4.69, 9.17) is 0 Å². The van der Waals surface area contributed by atoms with E-state index in [9.17, 15) is 8.42 Å². The van der Waals surface area contributed by atoms with Crippen molar-refractivity contribution in [3.05, 3.63) is 124 Å². The van der Waals surface area contributed by atoms with E-state index < -0.39 is 16.1 Å². The van der Waals surface area contributed by atoms with Crippen molar-refractivity contribution in [2.75, 3.05) is 0 Å². The maximum absolute atomic E-state index is 13.3. The summed E-state index contributed by atoms with van der Waals surface area (Å²) in [6, 6.07) is 30.4. The molecule has 0 saturated carbocycles. The molecule has 1 N–H and O–H groups in total. The van der Waals surface area contributed by atoms with Crippen LogP contribution in [0.2, 0.25) is 0 Å². The van der Waals surface area contributed by atoms with Crippen LogP contribution in [0.4, 0.5) is 0 Å². The topological polar surface area (TPSA) is 46.2 Å². The second kappa shape index (κ2) is 8.96. The molecule has 1 aromatic heterocycles. The van der Waals surface area contributed by atoms with Gasteiger partial charge in [0.05, 0.1) is 10.9 Å². The molecule has 5 heteroatoms. The molecule has 30 heavy (non-hydrogen) atoms. The van der Waals surface area contributed by atoms with Gasteiger partial charge in [-0.3, -0.25) is 0 Å². The van der Waals surface area contributed by atoms with Gasteiger partial charge in [0, 0.05) is 10.8 Å². The minimum Gasteiger partial charge on any atom is -0.207 e. The number of thiophene rings is 1. The molecule has 2 unspecified atom stereocenters. The van der Waals surface area contributed by atoms with E-state index in [1.54, 1.807) is 23.5 Å². The van der Waals surface area contributed by atoms with Crippen molar-refractivity contribution in [1.29, 1.82) is 0 Å². The van der Waals surface area contributed by atoms with E-state index in [-0.39, 0.29) is 10.8 Å². The van der Waals surface area contributed by atoms with Gasteiger partial charge >= 0.3 is 0 Å². The highest BCUT2D eigenvalue weighted by molar-refractivity contribution is 7.89. The Kier molecular flexibility index (Phi) is 6.13. The average molecular weight is 434 g/mol. The molecule has 0 fully saturated rings. The Labute approximate surface area is 182 Å². The van der Waals surface area contributed by atoms with Gasteiger partial charge in [-0.1, -0.05) is 84.4 Å². The molecule has 3 aromatic carbocycles. The van der Waals surface area contributed by atoms with Crippen LogP contribution in [0.5, 0.6) is 0 Å². The second-order valence-electron chi connectivity index (χ2n) is 7.23. The van der Waals surface area contributed by atoms with Crippen molar-refractivity contribution in [2.45, 2.75) is 23.8 Å². The van der Waals surface area contributed by atoms with Crippen LogP contribution in [0.15, 0.2) is 107 Å². The summed E-state index contributed by atoms with van der Waals surface area (Å²) in [5.74, 6) is -0.145. The van der Waals surface area contributed by atoms with E-state index in [1.807, 2.05) is 79.0 Å². The predicted molar refractivity (Wildman–Crippen MR) is 123 cm³/mol. The van der Waals surface area contributed by atoms with Crippen LogP contribution in [-0.4, -0.2) is 8.42 Å². The number of benzene rings is 3. The first kappa shape index (κ1) is 20.5. The number of aryl methyl sites for hydroxylation is 1. The van der Waals surface area contributed by atoms with Gasteiger partial charge in [-0.25, -0.2) is 13.1 Å². The molecule has 0 radical (unpaired) electrons. The Bertz CT molecular complexity index is 1170. The minimum atomic E-state index is -3.71. The number of hydrogen-bond donors (Lipinski definition) is 1. The number of hydrogen-bond acceptors (Lipinski definition) is 3. The molecule has 152 valence electrons. The van der Waals surface area contributed by atoms with Crippen LogP contribution in [0, 0.1) is 6.92 Å². The Morgan fingerprint density at radius 3 is 1.90 bits per heavy atom. The second-order valence-corrected chi connectivity index (χ2v) is 9.92. The zero-order valence-corrected chi connectivity index (χ0v) is 18.2. The molecule has 0 spiro atoms. The van der Waals surface area contributed by atoms with Crippen molar-refractivity contribution in [1.82, 2.24) is 4.72 Å². The smallest absolute Gasteiger partial charge is 0.207 e. The van der Waals surface area contributed by atoms with Crippen LogP contribution in [-0.2, 0) is 10.0 Å². The van der Waals surface area contributed by atoms with Gasteiger partial charge in [0.1, 0.15) is 0 Å². The van der Waals surface area contributed by atoms with E-state index >= 15 is 0 Å². The first-order chi connectivity index (χ1) is 14.5. The highest BCUT2D eigenvalue weighted by Crippen LogP contribution is 2.39. The van der Waals surface area contributed by atoms with Crippen molar-refractivity contribution < 1.29 is 8.42 Å². The Balaban J connectivity index is 1.82. The Morgan fingerprint density at radius 1 is 0.733 bits per heavy atom. The number of nitrogens with one attached hydrogen (secondary N) is 1. The van der Waals surface area contributed by atoms with Crippen molar-refractivity contribution in [3.63, 3.8) is 0 Å². The van der Waals surface area contributed by atoms with Gasteiger partial charge in [0.15, 0.2) is 0 Å². The largest absolute Gasteiger partial charge is 0.241 e. The van der Waals surface area contributed by atoms with E-state index in [1.165, 1.54) is 0 Å². The standard InChI is InChI=1S/C25H23NO2S2/c1-19-14-16-22(17-15-19)30(27,28)26-25(21-11-6-3-7-12-21)24(23-13-8-18-29-23)20-9-4-2-5-10-20/h2-18,24-26H,1H3. The highest BCUT2D eigenvalue weighted by atomic mass is 32.2. The molecule has 1 heterocycles. The summed E-state index contributed by atoms with van der Waals surface area (Å²) in [7, 11) is -3.71. The molecule has 0 bridgehead atoms. The molecule has 3 nitrogen and oxygen atoms in total. The summed E-state index contributed by atoms with van der Waals surface area (Å²) >= 11 is 1.64. The molecular formula is C25H23NO2S2. The van der Waals surface area contributed by atoms with Gasteiger partial charge in [-0.05, 0) is 41.6 Å². The van der Waals surface area contributed by atoms with Gasteiger partial charge in [0.2, 0.25) is 10.0 Å². The van der Waals surface area contributed by atoms with Crippen molar-refractivity contribution in [3.8, 4) is 0 Å². The first-order valence-corrected chi connectivity index (χ1v) is 12.1. The molecule has 0 aliphatic carbocycles. The lowest BCUT2D eigenvalue weighted by atomic mass is 9.86. The molecule has 0 aliphatic heterocycles. The summed E-state index contributed by atoms with van der Waals surface area (Å²) in [5, 5.41) is 2.03. The van der Waals surface area contributed by atoms with E-state index in [0.717, 1.165) is 21.6 Å². The maximum atomic E-state index is 13.3. The van der Waals surface area contributed by atoms with Gasteiger partial charge in [-0.2, -0.15) is 0 Å². The fourth-order valence-electron chi connectivity index (χ4n) is 3.59. The lowest BCUT2D eigenvalue weighted by Crippen LogP contribution is -2.33. The van der Waals surface area contributed by atoms with Crippen LogP contribution >= 0.6 is 11.3 Å². The van der Waals surface area contributed by atoms with Crippen LogP contribution in [0.25, 0.3) is 0 Å². The summed E-state index contributed by atoms with van der Waals surface area (Å²) in [6.07, 6.45) is 0. The van der Waals surface area contributed by atoms with Crippen molar-refractivity contribution in [2.24, 2.45) is 0 Å². The third-order valence-corrected chi connectivity index (χ3v) is 7.53. The fraction of sp³-hybridized carbons (Fsp3) is 0.120. The monoisotopic (exact) mass is 433 g/mol. The predicted octanol–water partition coefficient (Wildman–Crippen LogP) is 5.91. The van der Waals surface area contributed by atoms with Crippen molar-refractivity contribution >= 4 is 21.4 Å². The number of sulfonamides is 1. The molecule has 4 aromatic rings. The van der Waals surface area contributed by atoms with Crippen LogP contribution in [0.1, 0.15) is 33.5 Å². The molecule has 0 aliphatic rings. The third kappa shape index (κ3) is 4.54. The normalized spacial score (nSPS) is 13.6. The third-order valence-electron chi connectivity index (χ3n) is 5.11. The molecular weight excluding hydrogens is 410 g/mol. The average Bonchev–Trinajstić information content (AvgIpc) is 3.29. The zero-order valence-electron chi connectivity index (χ0n) is 16.6. The molecule has 2 atom stereocenters. The van der Waals surface area contributed by atoms with Gasteiger partial charge in [0.25, 0.3) is 0 Å². The van der Waals surface area contributed by atoms with Crippen LogP contribution in [0.3, 0.4) is 0 Å². The Morgan fingerprint density at radius 2 is 1.33 bits per heavy atom.